The molecule has 1 aliphatic rings. The van der Waals surface area contributed by atoms with Crippen LogP contribution in [0.5, 0.6) is 0 Å². The van der Waals surface area contributed by atoms with Crippen molar-refractivity contribution in [2.75, 3.05) is 26.7 Å². The predicted molar refractivity (Wildman–Crippen MR) is 99.9 cm³/mol. The molecule has 1 N–H and O–H groups in total. The number of likely N-dealkylation sites (tertiary alicyclic amines) is 1. The second-order valence-corrected chi connectivity index (χ2v) is 7.47. The Morgan fingerprint density at radius 2 is 2.08 bits per heavy atom. The highest BCUT2D eigenvalue weighted by Gasteiger charge is 2.25. The minimum atomic E-state index is -0.0183. The molecule has 0 aliphatic carbocycles. The fourth-order valence-corrected chi connectivity index (χ4v) is 4.26. The van der Waals surface area contributed by atoms with E-state index in [-0.39, 0.29) is 5.91 Å². The van der Waals surface area contributed by atoms with Gasteiger partial charge in [0.25, 0.3) is 5.91 Å². The Kier molecular flexibility index (Phi) is 4.55. The van der Waals surface area contributed by atoms with Crippen LogP contribution in [-0.4, -0.2) is 42.5 Å². The van der Waals surface area contributed by atoms with Crippen LogP contribution < -0.4 is 5.32 Å². The van der Waals surface area contributed by atoms with Gasteiger partial charge in [0.1, 0.15) is 0 Å². The van der Waals surface area contributed by atoms with E-state index in [4.69, 9.17) is 4.42 Å². The lowest BCUT2D eigenvalue weighted by atomic mass is 9.97. The third-order valence-electron chi connectivity index (χ3n) is 4.72. The molecule has 1 amide bonds. The van der Waals surface area contributed by atoms with Gasteiger partial charge < -0.3 is 14.6 Å². The van der Waals surface area contributed by atoms with Crippen molar-refractivity contribution < 1.29 is 9.21 Å². The summed E-state index contributed by atoms with van der Waals surface area (Å²) in [6.07, 6.45) is 2.08. The average molecular weight is 355 g/mol. The van der Waals surface area contributed by atoms with E-state index in [2.05, 4.69) is 10.3 Å². The van der Waals surface area contributed by atoms with Crippen molar-refractivity contribution in [2.45, 2.75) is 12.8 Å². The van der Waals surface area contributed by atoms with Crippen molar-refractivity contribution in [1.82, 2.24) is 15.2 Å². The van der Waals surface area contributed by atoms with Crippen LogP contribution in [0.4, 0.5) is 0 Å². The smallest absolute Gasteiger partial charge is 0.289 e. The summed E-state index contributed by atoms with van der Waals surface area (Å²) in [4.78, 5) is 19.2. The first-order valence-electron chi connectivity index (χ1n) is 8.64. The number of aromatic nitrogens is 1. The van der Waals surface area contributed by atoms with Gasteiger partial charge in [-0.2, -0.15) is 0 Å². The predicted octanol–water partition coefficient (Wildman–Crippen LogP) is 3.63. The Morgan fingerprint density at radius 1 is 1.28 bits per heavy atom. The van der Waals surface area contributed by atoms with Gasteiger partial charge in [0.15, 0.2) is 16.5 Å². The molecule has 1 aromatic carbocycles. The molecule has 2 aromatic heterocycles. The quantitative estimate of drug-likeness (QED) is 0.776. The summed E-state index contributed by atoms with van der Waals surface area (Å²) in [6, 6.07) is 11.6. The molecule has 0 unspecified atom stereocenters. The molecule has 0 saturated carbocycles. The number of thiazole rings is 1. The van der Waals surface area contributed by atoms with E-state index in [0.717, 1.165) is 47.7 Å². The maximum atomic E-state index is 12.7. The zero-order valence-corrected chi connectivity index (χ0v) is 15.0. The summed E-state index contributed by atoms with van der Waals surface area (Å²) < 4.78 is 6.95. The number of furan rings is 1. The van der Waals surface area contributed by atoms with Gasteiger partial charge in [0.2, 0.25) is 0 Å². The molecule has 1 fully saturated rings. The maximum Gasteiger partial charge on any atom is 0.289 e. The van der Waals surface area contributed by atoms with Crippen LogP contribution in [0.15, 0.2) is 40.8 Å². The van der Waals surface area contributed by atoms with E-state index in [1.165, 1.54) is 0 Å². The van der Waals surface area contributed by atoms with Crippen molar-refractivity contribution in [3.63, 3.8) is 0 Å². The van der Waals surface area contributed by atoms with Crippen molar-refractivity contribution in [3.05, 3.63) is 42.2 Å². The lowest BCUT2D eigenvalue weighted by Crippen LogP contribution is -2.40. The first-order valence-corrected chi connectivity index (χ1v) is 9.46. The number of hydrogen-bond acceptors (Lipinski definition) is 5. The Morgan fingerprint density at radius 3 is 2.84 bits per heavy atom. The fourth-order valence-electron chi connectivity index (χ4n) is 3.33. The first-order chi connectivity index (χ1) is 12.2. The molecule has 0 spiro atoms. The highest BCUT2D eigenvalue weighted by Crippen LogP contribution is 2.31. The number of fused-ring (bicyclic) bond motifs is 1. The van der Waals surface area contributed by atoms with Crippen LogP contribution in [0.1, 0.15) is 23.4 Å². The molecule has 0 bridgehead atoms. The summed E-state index contributed by atoms with van der Waals surface area (Å²) in [5, 5.41) is 4.03. The van der Waals surface area contributed by atoms with Crippen molar-refractivity contribution >= 4 is 27.5 Å². The summed E-state index contributed by atoms with van der Waals surface area (Å²) in [7, 11) is 1.98. The largest absolute Gasteiger partial charge is 0.448 e. The summed E-state index contributed by atoms with van der Waals surface area (Å²) >= 11 is 1.58. The van der Waals surface area contributed by atoms with Gasteiger partial charge in [-0.15, -0.1) is 11.3 Å². The number of carbonyl (C=O) groups is 1. The number of para-hydroxylation sites is 1. The molecular formula is C19H21N3O2S. The second-order valence-electron chi connectivity index (χ2n) is 6.44. The lowest BCUT2D eigenvalue weighted by Gasteiger charge is -2.31. The van der Waals surface area contributed by atoms with Crippen LogP contribution >= 0.6 is 11.3 Å². The van der Waals surface area contributed by atoms with E-state index in [1.807, 2.05) is 42.3 Å². The number of nitrogens with one attached hydrogen (secondary N) is 1. The molecule has 4 rings (SSSR count). The molecule has 0 radical (unpaired) electrons. The Hall–Kier alpha value is -2.18. The third-order valence-corrected chi connectivity index (χ3v) is 5.77. The zero-order valence-electron chi connectivity index (χ0n) is 14.2. The number of amides is 1. The minimum Gasteiger partial charge on any atom is -0.448 e. The number of carbonyl (C=O) groups excluding carboxylic acids is 1. The monoisotopic (exact) mass is 355 g/mol. The Balaban J connectivity index is 1.48. The molecule has 3 aromatic rings. The molecule has 1 saturated heterocycles. The number of hydrogen-bond donors (Lipinski definition) is 1. The maximum absolute atomic E-state index is 12.7. The van der Waals surface area contributed by atoms with E-state index >= 15 is 0 Å². The average Bonchev–Trinajstić information content (AvgIpc) is 3.29. The van der Waals surface area contributed by atoms with Gasteiger partial charge in [0, 0.05) is 13.1 Å². The van der Waals surface area contributed by atoms with Crippen LogP contribution in [0.3, 0.4) is 0 Å². The van der Waals surface area contributed by atoms with Crippen LogP contribution in [0.25, 0.3) is 21.0 Å². The Labute approximate surface area is 150 Å². The summed E-state index contributed by atoms with van der Waals surface area (Å²) in [5.41, 5.74) is 0.957. The molecule has 130 valence electrons. The molecule has 0 atom stereocenters. The fraction of sp³-hybridized carbons (Fsp3) is 0.368. The van der Waals surface area contributed by atoms with E-state index < -0.39 is 0 Å². The summed E-state index contributed by atoms with van der Waals surface area (Å²) in [5.74, 6) is 1.70. The number of nitrogens with zero attached hydrogens (tertiary/aromatic N) is 2. The van der Waals surface area contributed by atoms with Crippen molar-refractivity contribution in [3.8, 4) is 10.8 Å². The van der Waals surface area contributed by atoms with Crippen LogP contribution in [-0.2, 0) is 0 Å². The van der Waals surface area contributed by atoms with Gasteiger partial charge in [-0.3, -0.25) is 4.79 Å². The molecular weight excluding hydrogens is 334 g/mol. The molecule has 25 heavy (non-hydrogen) atoms. The number of rotatable bonds is 4. The topological polar surface area (TPSA) is 58.4 Å². The molecule has 5 nitrogen and oxygen atoms in total. The van der Waals surface area contributed by atoms with Crippen LogP contribution in [0.2, 0.25) is 0 Å². The highest BCUT2D eigenvalue weighted by atomic mass is 32.1. The molecule has 3 heterocycles. The lowest BCUT2D eigenvalue weighted by molar-refractivity contribution is 0.0660. The first kappa shape index (κ1) is 16.3. The Bertz CT molecular complexity index is 845. The summed E-state index contributed by atoms with van der Waals surface area (Å²) in [6.45, 7) is 2.61. The normalized spacial score (nSPS) is 15.8. The minimum absolute atomic E-state index is 0.0183. The third kappa shape index (κ3) is 3.32. The van der Waals surface area contributed by atoms with Crippen molar-refractivity contribution in [2.24, 2.45) is 5.92 Å². The van der Waals surface area contributed by atoms with Crippen LogP contribution in [0, 0.1) is 5.92 Å². The SMILES string of the molecule is CNCC1CCN(C(=O)c2ccc(-c3nc4ccccc4s3)o2)CC1. The van der Waals surface area contributed by atoms with E-state index in [0.29, 0.717) is 17.4 Å². The highest BCUT2D eigenvalue weighted by molar-refractivity contribution is 7.21. The van der Waals surface area contributed by atoms with Gasteiger partial charge in [-0.1, -0.05) is 12.1 Å². The van der Waals surface area contributed by atoms with Gasteiger partial charge in [0.05, 0.1) is 10.2 Å². The van der Waals surface area contributed by atoms with Crippen molar-refractivity contribution in [1.29, 1.82) is 0 Å². The number of piperidine rings is 1. The van der Waals surface area contributed by atoms with Gasteiger partial charge in [-0.25, -0.2) is 4.98 Å². The van der Waals surface area contributed by atoms with E-state index in [1.54, 1.807) is 17.4 Å². The van der Waals surface area contributed by atoms with Gasteiger partial charge in [-0.05, 0) is 56.6 Å². The second kappa shape index (κ2) is 6.98. The molecule has 1 aliphatic heterocycles. The molecule has 6 heteroatoms. The standard InChI is InChI=1S/C19H21N3O2S/c1-20-12-13-8-10-22(11-9-13)19(23)16-7-6-15(24-16)18-21-14-4-2-3-5-17(14)25-18/h2-7,13,20H,8-12H2,1H3. The zero-order chi connectivity index (χ0) is 17.2. The number of benzene rings is 1. The van der Waals surface area contributed by atoms with E-state index in [9.17, 15) is 4.79 Å². The van der Waals surface area contributed by atoms with Gasteiger partial charge >= 0.3 is 0 Å².